The molecule has 0 amide bonds. The zero-order valence-corrected chi connectivity index (χ0v) is 10.9. The molecule has 4 nitrogen and oxygen atoms in total. The number of hydrogen-bond donors (Lipinski definition) is 0. The minimum Gasteiger partial charge on any atom is -0.466 e. The van der Waals surface area contributed by atoms with E-state index in [4.69, 9.17) is 9.47 Å². The van der Waals surface area contributed by atoms with Gasteiger partial charge in [0, 0.05) is 0 Å². The van der Waals surface area contributed by atoms with Crippen LogP contribution in [0.3, 0.4) is 0 Å². The lowest BCUT2D eigenvalue weighted by Crippen LogP contribution is -2.39. The highest BCUT2D eigenvalue weighted by Crippen LogP contribution is 2.36. The third kappa shape index (κ3) is 3.45. The van der Waals surface area contributed by atoms with E-state index in [1.54, 1.807) is 13.8 Å². The predicted molar refractivity (Wildman–Crippen MR) is 63.3 cm³/mol. The Bertz CT molecular complexity index is 275. The second-order valence-electron chi connectivity index (χ2n) is 4.54. The number of hydrogen-bond acceptors (Lipinski definition) is 4. The number of ether oxygens (including phenoxy) is 2. The highest BCUT2D eigenvalue weighted by molar-refractivity contribution is 5.82. The monoisotopic (exact) mass is 242 g/mol. The first-order valence-electron chi connectivity index (χ1n) is 6.45. The Morgan fingerprint density at radius 2 is 1.65 bits per heavy atom. The molecule has 1 fully saturated rings. The van der Waals surface area contributed by atoms with Gasteiger partial charge in [0.15, 0.2) is 0 Å². The van der Waals surface area contributed by atoms with E-state index in [0.717, 1.165) is 19.3 Å². The zero-order chi connectivity index (χ0) is 12.8. The summed E-state index contributed by atoms with van der Waals surface area (Å²) >= 11 is 0. The van der Waals surface area contributed by atoms with Crippen LogP contribution in [0.4, 0.5) is 0 Å². The van der Waals surface area contributed by atoms with Crippen LogP contribution in [0.1, 0.15) is 40.0 Å². The minimum absolute atomic E-state index is 0.192. The molecule has 0 N–H and O–H groups in total. The maximum absolute atomic E-state index is 11.9. The van der Waals surface area contributed by atoms with Gasteiger partial charge in [-0.15, -0.1) is 0 Å². The molecule has 3 unspecified atom stereocenters. The first-order valence-corrected chi connectivity index (χ1v) is 6.45. The Morgan fingerprint density at radius 3 is 2.24 bits per heavy atom. The summed E-state index contributed by atoms with van der Waals surface area (Å²) < 4.78 is 10.1. The summed E-state index contributed by atoms with van der Waals surface area (Å²) in [6, 6.07) is 0. The van der Waals surface area contributed by atoms with Crippen LogP contribution in [-0.4, -0.2) is 25.2 Å². The van der Waals surface area contributed by atoms with Gasteiger partial charge in [-0.3, -0.25) is 9.59 Å². The van der Waals surface area contributed by atoms with Gasteiger partial charge in [0.25, 0.3) is 0 Å². The van der Waals surface area contributed by atoms with E-state index in [0.29, 0.717) is 13.2 Å². The number of esters is 2. The topological polar surface area (TPSA) is 52.6 Å². The standard InChI is InChI=1S/C13H22O4/c1-4-16-12(14)10-8-6-7-9(3)11(10)13(15)17-5-2/h9-11H,4-8H2,1-3H3. The van der Waals surface area contributed by atoms with Crippen LogP contribution in [0.5, 0.6) is 0 Å². The first kappa shape index (κ1) is 14.0. The molecular formula is C13H22O4. The summed E-state index contributed by atoms with van der Waals surface area (Å²) in [6.07, 6.45) is 2.67. The molecule has 98 valence electrons. The van der Waals surface area contributed by atoms with E-state index < -0.39 is 0 Å². The molecule has 0 spiro atoms. The van der Waals surface area contributed by atoms with Crippen molar-refractivity contribution in [3.63, 3.8) is 0 Å². The van der Waals surface area contributed by atoms with Gasteiger partial charge < -0.3 is 9.47 Å². The third-order valence-corrected chi connectivity index (χ3v) is 3.37. The van der Waals surface area contributed by atoms with Crippen molar-refractivity contribution < 1.29 is 19.1 Å². The molecule has 0 aromatic rings. The van der Waals surface area contributed by atoms with Gasteiger partial charge >= 0.3 is 11.9 Å². The van der Waals surface area contributed by atoms with Crippen molar-refractivity contribution in [1.82, 2.24) is 0 Å². The summed E-state index contributed by atoms with van der Waals surface area (Å²) in [5, 5.41) is 0. The fraction of sp³-hybridized carbons (Fsp3) is 0.846. The molecule has 0 heterocycles. The molecule has 0 bridgehead atoms. The van der Waals surface area contributed by atoms with Gasteiger partial charge in [0.2, 0.25) is 0 Å². The molecule has 0 aromatic carbocycles. The highest BCUT2D eigenvalue weighted by atomic mass is 16.5. The van der Waals surface area contributed by atoms with Gasteiger partial charge in [0.05, 0.1) is 25.0 Å². The van der Waals surface area contributed by atoms with E-state index in [1.165, 1.54) is 0 Å². The molecule has 4 heteroatoms. The van der Waals surface area contributed by atoms with E-state index in [1.807, 2.05) is 6.92 Å². The molecule has 1 aliphatic rings. The van der Waals surface area contributed by atoms with Crippen molar-refractivity contribution in [2.45, 2.75) is 40.0 Å². The quantitative estimate of drug-likeness (QED) is 0.709. The third-order valence-electron chi connectivity index (χ3n) is 3.37. The van der Waals surface area contributed by atoms with E-state index in [2.05, 4.69) is 0 Å². The first-order chi connectivity index (χ1) is 8.11. The van der Waals surface area contributed by atoms with Crippen LogP contribution in [0.15, 0.2) is 0 Å². The van der Waals surface area contributed by atoms with Crippen LogP contribution >= 0.6 is 0 Å². The number of carbonyl (C=O) groups excluding carboxylic acids is 2. The highest BCUT2D eigenvalue weighted by Gasteiger charge is 2.41. The van der Waals surface area contributed by atoms with Gasteiger partial charge in [0.1, 0.15) is 0 Å². The molecule has 0 aromatic heterocycles. The summed E-state index contributed by atoms with van der Waals surface area (Å²) in [5.74, 6) is -0.965. The molecule has 1 aliphatic carbocycles. The smallest absolute Gasteiger partial charge is 0.310 e. The van der Waals surface area contributed by atoms with Crippen molar-refractivity contribution in [3.05, 3.63) is 0 Å². The summed E-state index contributed by atoms with van der Waals surface area (Å²) in [5.41, 5.74) is 0. The summed E-state index contributed by atoms with van der Waals surface area (Å²) in [7, 11) is 0. The minimum atomic E-state index is -0.331. The lowest BCUT2D eigenvalue weighted by Gasteiger charge is -2.33. The second-order valence-corrected chi connectivity index (χ2v) is 4.54. The van der Waals surface area contributed by atoms with Crippen LogP contribution in [0.2, 0.25) is 0 Å². The average Bonchev–Trinajstić information content (AvgIpc) is 2.29. The molecule has 0 aliphatic heterocycles. The Hall–Kier alpha value is -1.06. The molecule has 1 rings (SSSR count). The Balaban J connectivity index is 2.76. The molecule has 3 atom stereocenters. The van der Waals surface area contributed by atoms with Crippen LogP contribution in [0, 0.1) is 17.8 Å². The fourth-order valence-corrected chi connectivity index (χ4v) is 2.56. The van der Waals surface area contributed by atoms with Gasteiger partial charge in [-0.1, -0.05) is 13.3 Å². The molecule has 0 saturated heterocycles. The van der Waals surface area contributed by atoms with Crippen molar-refractivity contribution in [2.24, 2.45) is 17.8 Å². The van der Waals surface area contributed by atoms with E-state index >= 15 is 0 Å². The number of carbonyl (C=O) groups is 2. The normalized spacial score (nSPS) is 28.5. The lowest BCUT2D eigenvalue weighted by molar-refractivity contribution is -0.164. The van der Waals surface area contributed by atoms with Crippen LogP contribution < -0.4 is 0 Å². The van der Waals surface area contributed by atoms with E-state index in [-0.39, 0.29) is 29.7 Å². The fourth-order valence-electron chi connectivity index (χ4n) is 2.56. The maximum atomic E-state index is 11.9. The Morgan fingerprint density at radius 1 is 1.06 bits per heavy atom. The van der Waals surface area contributed by atoms with Gasteiger partial charge in [-0.2, -0.15) is 0 Å². The van der Waals surface area contributed by atoms with E-state index in [9.17, 15) is 9.59 Å². The second kappa shape index (κ2) is 6.62. The largest absolute Gasteiger partial charge is 0.466 e. The Kier molecular flexibility index (Phi) is 5.45. The summed E-state index contributed by atoms with van der Waals surface area (Å²) in [6.45, 7) is 6.29. The molecular weight excluding hydrogens is 220 g/mol. The molecule has 1 saturated carbocycles. The van der Waals surface area contributed by atoms with Crippen LogP contribution in [0.25, 0.3) is 0 Å². The molecule has 0 radical (unpaired) electrons. The maximum Gasteiger partial charge on any atom is 0.310 e. The van der Waals surface area contributed by atoms with Gasteiger partial charge in [-0.05, 0) is 32.6 Å². The Labute approximate surface area is 103 Å². The molecule has 17 heavy (non-hydrogen) atoms. The van der Waals surface area contributed by atoms with Crippen molar-refractivity contribution in [1.29, 1.82) is 0 Å². The summed E-state index contributed by atoms with van der Waals surface area (Å²) in [4.78, 5) is 23.7. The average molecular weight is 242 g/mol. The number of rotatable bonds is 4. The van der Waals surface area contributed by atoms with Gasteiger partial charge in [-0.25, -0.2) is 0 Å². The van der Waals surface area contributed by atoms with Crippen molar-refractivity contribution >= 4 is 11.9 Å². The van der Waals surface area contributed by atoms with Crippen molar-refractivity contribution in [2.75, 3.05) is 13.2 Å². The van der Waals surface area contributed by atoms with Crippen molar-refractivity contribution in [3.8, 4) is 0 Å². The SMILES string of the molecule is CCOC(=O)C1CCCC(C)C1C(=O)OCC. The van der Waals surface area contributed by atoms with Crippen LogP contribution in [-0.2, 0) is 19.1 Å². The predicted octanol–water partition coefficient (Wildman–Crippen LogP) is 2.17. The zero-order valence-electron chi connectivity index (χ0n) is 10.9. The lowest BCUT2D eigenvalue weighted by atomic mass is 9.73.